The average molecular weight is 367 g/mol. The summed E-state index contributed by atoms with van der Waals surface area (Å²) in [5, 5.41) is 3.80. The Morgan fingerprint density at radius 3 is 2.50 bits per heavy atom. The van der Waals surface area contributed by atoms with Crippen molar-refractivity contribution in [3.8, 4) is 17.1 Å². The van der Waals surface area contributed by atoms with E-state index in [0.29, 0.717) is 21.6 Å². The van der Waals surface area contributed by atoms with E-state index in [0.717, 1.165) is 0 Å². The second-order valence-electron chi connectivity index (χ2n) is 4.38. The van der Waals surface area contributed by atoms with Gasteiger partial charge in [-0.05, 0) is 58.4 Å². The van der Waals surface area contributed by atoms with E-state index in [2.05, 4.69) is 26.1 Å². The first kappa shape index (κ1) is 14.6. The van der Waals surface area contributed by atoms with Crippen LogP contribution in [0.3, 0.4) is 0 Å². The standard InChI is InChI=1S/C15H9BrF2N2O2/c16-12-7-11(18)5-6-13(12)21-8-14-19-15(20-22-14)9-1-3-10(17)4-2-9/h1-7H,8H2. The fraction of sp³-hybridized carbons (Fsp3) is 0.0667. The first-order valence-corrected chi connectivity index (χ1v) is 7.07. The summed E-state index contributed by atoms with van der Waals surface area (Å²) in [5.74, 6) is 0.364. The summed E-state index contributed by atoms with van der Waals surface area (Å²) in [4.78, 5) is 4.16. The number of hydrogen-bond acceptors (Lipinski definition) is 4. The van der Waals surface area contributed by atoms with E-state index in [9.17, 15) is 8.78 Å². The van der Waals surface area contributed by atoms with Gasteiger partial charge < -0.3 is 9.26 Å². The molecule has 0 aliphatic carbocycles. The molecule has 0 radical (unpaired) electrons. The van der Waals surface area contributed by atoms with Gasteiger partial charge in [-0.3, -0.25) is 0 Å². The molecule has 1 aromatic heterocycles. The molecule has 2 aromatic carbocycles. The first-order valence-electron chi connectivity index (χ1n) is 6.28. The zero-order valence-corrected chi connectivity index (χ0v) is 12.7. The second-order valence-corrected chi connectivity index (χ2v) is 5.24. The third-order valence-electron chi connectivity index (χ3n) is 2.82. The monoisotopic (exact) mass is 366 g/mol. The molecular formula is C15H9BrF2N2O2. The lowest BCUT2D eigenvalue weighted by Crippen LogP contribution is -1.96. The minimum absolute atomic E-state index is 0.0401. The van der Waals surface area contributed by atoms with Crippen molar-refractivity contribution in [1.29, 1.82) is 0 Å². The Balaban J connectivity index is 1.70. The molecule has 0 saturated carbocycles. The normalized spacial score (nSPS) is 10.7. The number of halogens is 3. The van der Waals surface area contributed by atoms with Crippen molar-refractivity contribution in [3.63, 3.8) is 0 Å². The predicted molar refractivity (Wildman–Crippen MR) is 78.1 cm³/mol. The summed E-state index contributed by atoms with van der Waals surface area (Å²) >= 11 is 3.20. The number of benzene rings is 2. The Labute approximate surface area is 132 Å². The van der Waals surface area contributed by atoms with E-state index in [1.807, 2.05) is 0 Å². The third-order valence-corrected chi connectivity index (χ3v) is 3.44. The Kier molecular flexibility index (Phi) is 4.15. The van der Waals surface area contributed by atoms with Crippen LogP contribution in [0.2, 0.25) is 0 Å². The van der Waals surface area contributed by atoms with E-state index < -0.39 is 0 Å². The van der Waals surface area contributed by atoms with Gasteiger partial charge >= 0.3 is 0 Å². The molecule has 7 heteroatoms. The fourth-order valence-corrected chi connectivity index (χ4v) is 2.23. The molecule has 4 nitrogen and oxygen atoms in total. The molecule has 0 N–H and O–H groups in total. The van der Waals surface area contributed by atoms with Crippen LogP contribution in [0.25, 0.3) is 11.4 Å². The van der Waals surface area contributed by atoms with Crippen molar-refractivity contribution in [3.05, 3.63) is 64.5 Å². The van der Waals surface area contributed by atoms with Crippen molar-refractivity contribution < 1.29 is 18.0 Å². The molecule has 0 bridgehead atoms. The Hall–Kier alpha value is -2.28. The van der Waals surface area contributed by atoms with Gasteiger partial charge in [-0.2, -0.15) is 4.98 Å². The molecule has 0 aliphatic rings. The summed E-state index contributed by atoms with van der Waals surface area (Å²) in [7, 11) is 0. The highest BCUT2D eigenvalue weighted by molar-refractivity contribution is 9.10. The van der Waals surface area contributed by atoms with Gasteiger partial charge in [-0.1, -0.05) is 5.16 Å². The van der Waals surface area contributed by atoms with Gasteiger partial charge in [0.1, 0.15) is 17.4 Å². The molecule has 112 valence electrons. The molecular weight excluding hydrogens is 358 g/mol. The van der Waals surface area contributed by atoms with Crippen molar-refractivity contribution in [2.45, 2.75) is 6.61 Å². The zero-order chi connectivity index (χ0) is 15.5. The van der Waals surface area contributed by atoms with Crippen LogP contribution in [-0.2, 0) is 6.61 Å². The van der Waals surface area contributed by atoms with Gasteiger partial charge in [0.2, 0.25) is 5.82 Å². The number of hydrogen-bond donors (Lipinski definition) is 0. The highest BCUT2D eigenvalue weighted by atomic mass is 79.9. The summed E-state index contributed by atoms with van der Waals surface area (Å²) < 4.78 is 36.9. The van der Waals surface area contributed by atoms with Crippen LogP contribution in [0, 0.1) is 11.6 Å². The third kappa shape index (κ3) is 3.30. The largest absolute Gasteiger partial charge is 0.483 e. The fourth-order valence-electron chi connectivity index (χ4n) is 1.76. The van der Waals surface area contributed by atoms with Crippen LogP contribution in [0.5, 0.6) is 5.75 Å². The molecule has 1 heterocycles. The maximum Gasteiger partial charge on any atom is 0.264 e. The summed E-state index contributed by atoms with van der Waals surface area (Å²) in [6.45, 7) is 0.0401. The van der Waals surface area contributed by atoms with Crippen LogP contribution >= 0.6 is 15.9 Å². The minimum Gasteiger partial charge on any atom is -0.483 e. The van der Waals surface area contributed by atoms with Gasteiger partial charge in [0.05, 0.1) is 4.47 Å². The Bertz CT molecular complexity index is 790. The van der Waals surface area contributed by atoms with E-state index in [4.69, 9.17) is 9.26 Å². The molecule has 0 saturated heterocycles. The van der Waals surface area contributed by atoms with Crippen molar-refractivity contribution in [2.24, 2.45) is 0 Å². The Morgan fingerprint density at radius 2 is 1.77 bits per heavy atom. The number of rotatable bonds is 4. The van der Waals surface area contributed by atoms with Crippen LogP contribution < -0.4 is 4.74 Å². The van der Waals surface area contributed by atoms with Gasteiger partial charge in [-0.15, -0.1) is 0 Å². The first-order chi connectivity index (χ1) is 10.6. The SMILES string of the molecule is Fc1ccc(-c2noc(COc3ccc(F)cc3Br)n2)cc1. The average Bonchev–Trinajstić information content (AvgIpc) is 2.96. The molecule has 0 aliphatic heterocycles. The van der Waals surface area contributed by atoms with Gasteiger partial charge in [0.25, 0.3) is 5.89 Å². The molecule has 0 amide bonds. The molecule has 0 spiro atoms. The molecule has 0 atom stereocenters. The van der Waals surface area contributed by atoms with Crippen molar-refractivity contribution >= 4 is 15.9 Å². The summed E-state index contributed by atoms with van der Waals surface area (Å²) in [5.41, 5.74) is 0.638. The molecule has 3 aromatic rings. The molecule has 22 heavy (non-hydrogen) atoms. The Morgan fingerprint density at radius 1 is 1.05 bits per heavy atom. The lowest BCUT2D eigenvalue weighted by atomic mass is 10.2. The van der Waals surface area contributed by atoms with Gasteiger partial charge in [-0.25, -0.2) is 8.78 Å². The predicted octanol–water partition coefficient (Wildman–Crippen LogP) is 4.36. The lowest BCUT2D eigenvalue weighted by molar-refractivity contribution is 0.241. The van der Waals surface area contributed by atoms with E-state index in [1.165, 1.54) is 30.3 Å². The van der Waals surface area contributed by atoms with E-state index >= 15 is 0 Å². The molecule has 3 rings (SSSR count). The maximum atomic E-state index is 13.0. The molecule has 0 fully saturated rings. The van der Waals surface area contributed by atoms with Crippen LogP contribution in [0.4, 0.5) is 8.78 Å². The van der Waals surface area contributed by atoms with Crippen LogP contribution in [0.1, 0.15) is 5.89 Å². The zero-order valence-electron chi connectivity index (χ0n) is 11.1. The minimum atomic E-state index is -0.365. The van der Waals surface area contributed by atoms with Crippen LogP contribution in [-0.4, -0.2) is 10.1 Å². The maximum absolute atomic E-state index is 13.0. The van der Waals surface area contributed by atoms with Crippen molar-refractivity contribution in [2.75, 3.05) is 0 Å². The molecule has 0 unspecified atom stereocenters. The smallest absolute Gasteiger partial charge is 0.264 e. The highest BCUT2D eigenvalue weighted by Crippen LogP contribution is 2.26. The topological polar surface area (TPSA) is 48.2 Å². The van der Waals surface area contributed by atoms with E-state index in [1.54, 1.807) is 12.1 Å². The number of ether oxygens (including phenoxy) is 1. The quantitative estimate of drug-likeness (QED) is 0.688. The van der Waals surface area contributed by atoms with Gasteiger partial charge in [0, 0.05) is 5.56 Å². The van der Waals surface area contributed by atoms with Crippen LogP contribution in [0.15, 0.2) is 51.5 Å². The number of nitrogens with zero attached hydrogens (tertiary/aromatic N) is 2. The van der Waals surface area contributed by atoms with Crippen molar-refractivity contribution in [1.82, 2.24) is 10.1 Å². The van der Waals surface area contributed by atoms with E-state index in [-0.39, 0.29) is 24.1 Å². The number of aromatic nitrogens is 2. The van der Waals surface area contributed by atoms with Gasteiger partial charge in [0.15, 0.2) is 6.61 Å². The summed E-state index contributed by atoms with van der Waals surface area (Å²) in [6.07, 6.45) is 0. The second kappa shape index (κ2) is 6.23. The lowest BCUT2D eigenvalue weighted by Gasteiger charge is -2.05. The highest BCUT2D eigenvalue weighted by Gasteiger charge is 2.10. The summed E-state index contributed by atoms with van der Waals surface area (Å²) in [6, 6.07) is 9.83.